The van der Waals surface area contributed by atoms with Crippen molar-refractivity contribution < 1.29 is 9.59 Å². The van der Waals surface area contributed by atoms with E-state index >= 15 is 0 Å². The van der Waals surface area contributed by atoms with Gasteiger partial charge in [-0.05, 0) is 43.9 Å². The Kier molecular flexibility index (Phi) is 9.69. The number of amides is 2. The summed E-state index contributed by atoms with van der Waals surface area (Å²) in [4.78, 5) is 32.4. The molecule has 0 spiro atoms. The van der Waals surface area contributed by atoms with Crippen molar-refractivity contribution in [2.45, 2.75) is 45.6 Å². The van der Waals surface area contributed by atoms with E-state index < -0.39 is 0 Å². The molecule has 0 aliphatic carbocycles. The molecule has 0 aromatic heterocycles. The van der Waals surface area contributed by atoms with Crippen LogP contribution in [0.5, 0.6) is 0 Å². The molecule has 29 heavy (non-hydrogen) atoms. The molecule has 0 bridgehead atoms. The summed E-state index contributed by atoms with van der Waals surface area (Å²) in [6.07, 6.45) is 4.30. The van der Waals surface area contributed by atoms with Crippen molar-refractivity contribution in [3.63, 3.8) is 0 Å². The van der Waals surface area contributed by atoms with Crippen molar-refractivity contribution in [3.8, 4) is 0 Å². The van der Waals surface area contributed by atoms with Gasteiger partial charge in [-0.1, -0.05) is 12.1 Å². The van der Waals surface area contributed by atoms with Crippen LogP contribution in [0.2, 0.25) is 0 Å². The third-order valence-corrected chi connectivity index (χ3v) is 5.18. The number of likely N-dealkylation sites (tertiary alicyclic amines) is 1. The molecule has 3 rings (SSSR count). The summed E-state index contributed by atoms with van der Waals surface area (Å²) < 4.78 is 0. The van der Waals surface area contributed by atoms with Crippen LogP contribution in [0.4, 0.5) is 5.69 Å². The number of halogens is 1. The van der Waals surface area contributed by atoms with Gasteiger partial charge in [-0.25, -0.2) is 4.99 Å². The number of anilines is 1. The number of nitrogens with one attached hydrogen (secondary N) is 2. The fourth-order valence-corrected chi connectivity index (χ4v) is 3.63. The second-order valence-electron chi connectivity index (χ2n) is 7.28. The fourth-order valence-electron chi connectivity index (χ4n) is 3.63. The molecule has 2 aliphatic rings. The third-order valence-electron chi connectivity index (χ3n) is 5.18. The Balaban J connectivity index is 0.00000300. The summed E-state index contributed by atoms with van der Waals surface area (Å²) in [5.41, 5.74) is 2.04. The van der Waals surface area contributed by atoms with Crippen LogP contribution in [0.25, 0.3) is 0 Å². The number of guanidine groups is 1. The summed E-state index contributed by atoms with van der Waals surface area (Å²) >= 11 is 0. The molecular formula is C21H32IN5O2. The molecule has 2 amide bonds. The van der Waals surface area contributed by atoms with Crippen molar-refractivity contribution in [2.75, 3.05) is 37.6 Å². The van der Waals surface area contributed by atoms with E-state index in [1.54, 1.807) is 0 Å². The first-order chi connectivity index (χ1) is 13.7. The van der Waals surface area contributed by atoms with E-state index in [4.69, 9.17) is 0 Å². The molecule has 1 aromatic rings. The molecule has 2 saturated heterocycles. The average molecular weight is 513 g/mol. The predicted octanol–water partition coefficient (Wildman–Crippen LogP) is 2.50. The molecule has 0 unspecified atom stereocenters. The van der Waals surface area contributed by atoms with E-state index in [9.17, 15) is 9.59 Å². The minimum absolute atomic E-state index is 0. The number of nitrogens with zero attached hydrogens (tertiary/aromatic N) is 3. The van der Waals surface area contributed by atoms with Crippen LogP contribution in [-0.4, -0.2) is 55.4 Å². The van der Waals surface area contributed by atoms with Gasteiger partial charge in [-0.15, -0.1) is 24.0 Å². The van der Waals surface area contributed by atoms with Crippen molar-refractivity contribution in [2.24, 2.45) is 4.99 Å². The maximum Gasteiger partial charge on any atom is 0.227 e. The molecule has 2 heterocycles. The van der Waals surface area contributed by atoms with Crippen LogP contribution in [0.3, 0.4) is 0 Å². The fraction of sp³-hybridized carbons (Fsp3) is 0.571. The van der Waals surface area contributed by atoms with E-state index in [-0.39, 0.29) is 35.8 Å². The Morgan fingerprint density at radius 1 is 1.07 bits per heavy atom. The average Bonchev–Trinajstić information content (AvgIpc) is 3.38. The first-order valence-corrected chi connectivity index (χ1v) is 10.4. The van der Waals surface area contributed by atoms with E-state index in [1.807, 2.05) is 41.0 Å². The minimum Gasteiger partial charge on any atom is -0.357 e. The summed E-state index contributed by atoms with van der Waals surface area (Å²) in [6.45, 7) is 6.51. The normalized spacial score (nSPS) is 16.7. The Bertz CT molecular complexity index is 702. The van der Waals surface area contributed by atoms with Crippen molar-refractivity contribution in [1.29, 1.82) is 0 Å². The Labute approximate surface area is 190 Å². The summed E-state index contributed by atoms with van der Waals surface area (Å²) in [5.74, 6) is 1.14. The maximum absolute atomic E-state index is 12.1. The zero-order valence-corrected chi connectivity index (χ0v) is 19.5. The van der Waals surface area contributed by atoms with Gasteiger partial charge in [0.25, 0.3) is 0 Å². The van der Waals surface area contributed by atoms with Crippen LogP contribution in [0.1, 0.15) is 44.6 Å². The Morgan fingerprint density at radius 3 is 2.41 bits per heavy atom. The number of rotatable bonds is 7. The highest BCUT2D eigenvalue weighted by Gasteiger charge is 2.21. The van der Waals surface area contributed by atoms with Crippen LogP contribution in [0, 0.1) is 0 Å². The van der Waals surface area contributed by atoms with Crippen molar-refractivity contribution >= 4 is 47.4 Å². The second kappa shape index (κ2) is 12.0. The minimum atomic E-state index is 0. The van der Waals surface area contributed by atoms with Crippen molar-refractivity contribution in [3.05, 3.63) is 29.8 Å². The standard InChI is InChI=1S/C21H31N5O2.HI/c1-2-22-21(23-12-11-19(27)25-13-3-4-14-25)24-16-17-7-9-18(10-8-17)26-15-5-6-20(26)28;/h7-10H,2-6,11-16H2,1H3,(H2,22,23,24);1H. The molecule has 0 atom stereocenters. The smallest absolute Gasteiger partial charge is 0.227 e. The van der Waals surface area contributed by atoms with Crippen LogP contribution in [0.15, 0.2) is 29.3 Å². The lowest BCUT2D eigenvalue weighted by atomic mass is 10.2. The highest BCUT2D eigenvalue weighted by atomic mass is 127. The largest absolute Gasteiger partial charge is 0.357 e. The number of carbonyl (C=O) groups is 2. The van der Waals surface area contributed by atoms with Gasteiger partial charge < -0.3 is 20.4 Å². The highest BCUT2D eigenvalue weighted by molar-refractivity contribution is 14.0. The molecular weight excluding hydrogens is 481 g/mol. The maximum atomic E-state index is 12.1. The lowest BCUT2D eigenvalue weighted by Crippen LogP contribution is -2.39. The highest BCUT2D eigenvalue weighted by Crippen LogP contribution is 2.21. The van der Waals surface area contributed by atoms with Gasteiger partial charge >= 0.3 is 0 Å². The van der Waals surface area contributed by atoms with Crippen LogP contribution >= 0.6 is 24.0 Å². The first-order valence-electron chi connectivity index (χ1n) is 10.4. The molecule has 1 aromatic carbocycles. The lowest BCUT2D eigenvalue weighted by Gasteiger charge is -2.16. The first kappa shape index (κ1) is 23.4. The van der Waals surface area contributed by atoms with Gasteiger partial charge in [0.05, 0.1) is 6.54 Å². The zero-order valence-electron chi connectivity index (χ0n) is 17.2. The Hall–Kier alpha value is -1.84. The topological polar surface area (TPSA) is 77.0 Å². The molecule has 2 N–H and O–H groups in total. The van der Waals surface area contributed by atoms with Gasteiger partial charge in [0, 0.05) is 51.3 Å². The van der Waals surface area contributed by atoms with Gasteiger partial charge in [0.2, 0.25) is 11.8 Å². The van der Waals surface area contributed by atoms with E-state index in [0.29, 0.717) is 25.9 Å². The Morgan fingerprint density at radius 2 is 1.79 bits per heavy atom. The van der Waals surface area contributed by atoms with Crippen LogP contribution in [-0.2, 0) is 16.1 Å². The quantitative estimate of drug-likeness (QED) is 0.334. The van der Waals surface area contributed by atoms with Gasteiger partial charge in [-0.3, -0.25) is 9.59 Å². The summed E-state index contributed by atoms with van der Waals surface area (Å²) in [7, 11) is 0. The molecule has 160 valence electrons. The molecule has 0 radical (unpaired) electrons. The number of hydrogen-bond acceptors (Lipinski definition) is 3. The number of benzene rings is 1. The number of hydrogen-bond donors (Lipinski definition) is 2. The van der Waals surface area contributed by atoms with Gasteiger partial charge in [0.1, 0.15) is 0 Å². The second-order valence-corrected chi connectivity index (χ2v) is 7.28. The predicted molar refractivity (Wildman–Crippen MR) is 127 cm³/mol. The molecule has 2 aliphatic heterocycles. The molecule has 0 saturated carbocycles. The summed E-state index contributed by atoms with van der Waals surface area (Å²) in [5, 5.41) is 6.46. The summed E-state index contributed by atoms with van der Waals surface area (Å²) in [6, 6.07) is 8.02. The number of aliphatic imine (C=N–C) groups is 1. The van der Waals surface area contributed by atoms with Crippen molar-refractivity contribution in [1.82, 2.24) is 15.5 Å². The monoisotopic (exact) mass is 513 g/mol. The van der Waals surface area contributed by atoms with Crippen LogP contribution < -0.4 is 15.5 Å². The molecule has 2 fully saturated rings. The molecule has 7 nitrogen and oxygen atoms in total. The third kappa shape index (κ3) is 6.87. The van der Waals surface area contributed by atoms with Gasteiger partial charge in [-0.2, -0.15) is 0 Å². The van der Waals surface area contributed by atoms with E-state index in [0.717, 1.165) is 62.7 Å². The van der Waals surface area contributed by atoms with Gasteiger partial charge in [0.15, 0.2) is 5.96 Å². The molecule has 8 heteroatoms. The lowest BCUT2D eigenvalue weighted by molar-refractivity contribution is -0.130. The SMILES string of the molecule is CCNC(=NCc1ccc(N2CCCC2=O)cc1)NCCC(=O)N1CCCC1.I. The number of carbonyl (C=O) groups excluding carboxylic acids is 2. The van der Waals surface area contributed by atoms with E-state index in [2.05, 4.69) is 15.6 Å². The zero-order chi connectivity index (χ0) is 19.8. The van der Waals surface area contributed by atoms with E-state index in [1.165, 1.54) is 0 Å².